The van der Waals surface area contributed by atoms with Gasteiger partial charge in [0.2, 0.25) is 5.91 Å². The van der Waals surface area contributed by atoms with Crippen molar-refractivity contribution in [2.75, 3.05) is 17.3 Å². The van der Waals surface area contributed by atoms with E-state index in [0.717, 1.165) is 12.2 Å². The van der Waals surface area contributed by atoms with Gasteiger partial charge in [0.1, 0.15) is 0 Å². The minimum Gasteiger partial charge on any atom is -0.312 e. The Balaban J connectivity index is 2.18. The first kappa shape index (κ1) is 11.2. The average molecular weight is 336 g/mol. The minimum atomic E-state index is 0.182. The highest BCUT2D eigenvalue weighted by atomic mass is 127. The Kier molecular flexibility index (Phi) is 3.51. The Bertz CT molecular complexity index is 365. The van der Waals surface area contributed by atoms with Crippen LogP contribution < -0.4 is 4.90 Å². The van der Waals surface area contributed by atoms with Gasteiger partial charge >= 0.3 is 0 Å². The summed E-state index contributed by atoms with van der Waals surface area (Å²) in [6.07, 6.45) is 0.579. The minimum absolute atomic E-state index is 0.182. The van der Waals surface area contributed by atoms with E-state index in [1.807, 2.05) is 29.2 Å². The number of hydrogen-bond donors (Lipinski definition) is 0. The summed E-state index contributed by atoms with van der Waals surface area (Å²) in [7, 11) is 0. The van der Waals surface area contributed by atoms with Crippen LogP contribution >= 0.6 is 34.2 Å². The molecule has 1 aromatic carbocycles. The third kappa shape index (κ3) is 2.45. The zero-order chi connectivity index (χ0) is 10.8. The van der Waals surface area contributed by atoms with E-state index >= 15 is 0 Å². The molecule has 0 aliphatic carbocycles. The molecule has 0 aromatic heterocycles. The lowest BCUT2D eigenvalue weighted by Gasteiger charge is -2.16. The van der Waals surface area contributed by atoms with Crippen molar-refractivity contribution in [1.29, 1.82) is 0 Å². The first-order chi connectivity index (χ1) is 7.20. The zero-order valence-corrected chi connectivity index (χ0v) is 11.0. The van der Waals surface area contributed by atoms with Crippen molar-refractivity contribution in [1.82, 2.24) is 0 Å². The topological polar surface area (TPSA) is 20.3 Å². The van der Waals surface area contributed by atoms with Gasteiger partial charge in [0.05, 0.1) is 0 Å². The van der Waals surface area contributed by atoms with Crippen LogP contribution in [-0.4, -0.2) is 18.3 Å². The van der Waals surface area contributed by atoms with Crippen LogP contribution in [0.1, 0.15) is 6.42 Å². The molecule has 0 saturated carbocycles. The van der Waals surface area contributed by atoms with Gasteiger partial charge in [0.25, 0.3) is 0 Å². The number of amides is 1. The predicted molar refractivity (Wildman–Crippen MR) is 70.3 cm³/mol. The molecule has 1 aliphatic rings. The molecule has 4 heteroatoms. The second-order valence-electron chi connectivity index (χ2n) is 3.71. The number of alkyl halides is 1. The van der Waals surface area contributed by atoms with E-state index in [-0.39, 0.29) is 5.91 Å². The highest BCUT2D eigenvalue weighted by Crippen LogP contribution is 2.26. The molecule has 1 aromatic rings. The fourth-order valence-corrected chi connectivity index (χ4v) is 2.32. The van der Waals surface area contributed by atoms with Crippen molar-refractivity contribution in [2.24, 2.45) is 5.92 Å². The SMILES string of the molecule is O=C1CC(CCl)CN1c1ccc(I)cc1. The maximum Gasteiger partial charge on any atom is 0.227 e. The maximum atomic E-state index is 11.7. The molecule has 0 bridgehead atoms. The lowest BCUT2D eigenvalue weighted by Crippen LogP contribution is -2.24. The van der Waals surface area contributed by atoms with Gasteiger partial charge in [-0.3, -0.25) is 4.79 Å². The predicted octanol–water partition coefficient (Wildman–Crippen LogP) is 2.88. The van der Waals surface area contributed by atoms with Crippen LogP contribution in [0.4, 0.5) is 5.69 Å². The molecule has 1 atom stereocenters. The highest BCUT2D eigenvalue weighted by molar-refractivity contribution is 14.1. The van der Waals surface area contributed by atoms with Crippen molar-refractivity contribution >= 4 is 45.8 Å². The van der Waals surface area contributed by atoms with Gasteiger partial charge in [-0.15, -0.1) is 11.6 Å². The van der Waals surface area contributed by atoms with Crippen molar-refractivity contribution in [3.05, 3.63) is 27.8 Å². The third-order valence-corrected chi connectivity index (χ3v) is 3.72. The Morgan fingerprint density at radius 2 is 2.07 bits per heavy atom. The molecule has 80 valence electrons. The lowest BCUT2D eigenvalue weighted by molar-refractivity contribution is -0.117. The second-order valence-corrected chi connectivity index (χ2v) is 5.26. The van der Waals surface area contributed by atoms with Crippen molar-refractivity contribution in [2.45, 2.75) is 6.42 Å². The smallest absolute Gasteiger partial charge is 0.227 e. The molecule has 0 N–H and O–H groups in total. The van der Waals surface area contributed by atoms with E-state index in [2.05, 4.69) is 22.6 Å². The van der Waals surface area contributed by atoms with Gasteiger partial charge in [-0.1, -0.05) is 0 Å². The lowest BCUT2D eigenvalue weighted by atomic mass is 10.1. The summed E-state index contributed by atoms with van der Waals surface area (Å²) in [4.78, 5) is 13.5. The van der Waals surface area contributed by atoms with Gasteiger partial charge < -0.3 is 4.90 Å². The Labute approximate surface area is 108 Å². The van der Waals surface area contributed by atoms with Crippen LogP contribution in [-0.2, 0) is 4.79 Å². The fourth-order valence-electron chi connectivity index (χ4n) is 1.76. The van der Waals surface area contributed by atoms with Crippen LogP contribution in [0, 0.1) is 9.49 Å². The van der Waals surface area contributed by atoms with Gasteiger partial charge in [-0.05, 0) is 52.8 Å². The van der Waals surface area contributed by atoms with Crippen LogP contribution in [0.5, 0.6) is 0 Å². The number of carbonyl (C=O) groups excluding carboxylic acids is 1. The number of rotatable bonds is 2. The standard InChI is InChI=1S/C11H11ClINO/c12-6-8-5-11(15)14(7-8)10-3-1-9(13)2-4-10/h1-4,8H,5-7H2. The molecule has 1 amide bonds. The maximum absolute atomic E-state index is 11.7. The van der Waals surface area contributed by atoms with E-state index < -0.39 is 0 Å². The number of anilines is 1. The Morgan fingerprint density at radius 1 is 1.40 bits per heavy atom. The largest absolute Gasteiger partial charge is 0.312 e. The van der Waals surface area contributed by atoms with E-state index in [4.69, 9.17) is 11.6 Å². The summed E-state index contributed by atoms with van der Waals surface area (Å²) in [5.41, 5.74) is 0.980. The van der Waals surface area contributed by atoms with Gasteiger partial charge in [-0.25, -0.2) is 0 Å². The van der Waals surface area contributed by atoms with Crippen LogP contribution in [0.2, 0.25) is 0 Å². The molecule has 15 heavy (non-hydrogen) atoms. The molecule has 2 rings (SSSR count). The summed E-state index contributed by atoms with van der Waals surface area (Å²) in [5, 5.41) is 0. The summed E-state index contributed by atoms with van der Waals surface area (Å²) < 4.78 is 1.18. The van der Waals surface area contributed by atoms with Gasteiger partial charge in [0, 0.05) is 28.1 Å². The molecular formula is C11H11ClINO. The first-order valence-electron chi connectivity index (χ1n) is 4.82. The molecule has 2 nitrogen and oxygen atoms in total. The molecular weight excluding hydrogens is 324 g/mol. The molecule has 1 saturated heterocycles. The normalized spacial score (nSPS) is 21.1. The van der Waals surface area contributed by atoms with E-state index in [9.17, 15) is 4.79 Å². The first-order valence-corrected chi connectivity index (χ1v) is 6.44. The second kappa shape index (κ2) is 4.70. The van der Waals surface area contributed by atoms with Crippen molar-refractivity contribution in [3.8, 4) is 0 Å². The van der Waals surface area contributed by atoms with E-state index in [0.29, 0.717) is 18.2 Å². The van der Waals surface area contributed by atoms with Crippen LogP contribution in [0.25, 0.3) is 0 Å². The molecule has 1 fully saturated rings. The molecule has 1 aliphatic heterocycles. The van der Waals surface area contributed by atoms with Crippen molar-refractivity contribution in [3.63, 3.8) is 0 Å². The zero-order valence-electron chi connectivity index (χ0n) is 8.12. The van der Waals surface area contributed by atoms with Crippen molar-refractivity contribution < 1.29 is 4.79 Å². The van der Waals surface area contributed by atoms with Gasteiger partial charge in [-0.2, -0.15) is 0 Å². The average Bonchev–Trinajstić information content (AvgIpc) is 2.61. The summed E-state index contributed by atoms with van der Waals surface area (Å²) in [6, 6.07) is 7.99. The Morgan fingerprint density at radius 3 is 2.60 bits per heavy atom. The molecule has 0 spiro atoms. The summed E-state index contributed by atoms with van der Waals surface area (Å²) in [6.45, 7) is 0.753. The molecule has 0 radical (unpaired) electrons. The highest BCUT2D eigenvalue weighted by Gasteiger charge is 2.29. The molecule has 1 unspecified atom stereocenters. The number of hydrogen-bond acceptors (Lipinski definition) is 1. The van der Waals surface area contributed by atoms with Crippen LogP contribution in [0.15, 0.2) is 24.3 Å². The number of carbonyl (C=O) groups is 1. The fraction of sp³-hybridized carbons (Fsp3) is 0.364. The number of benzene rings is 1. The summed E-state index contributed by atoms with van der Waals surface area (Å²) in [5.74, 6) is 1.05. The number of nitrogens with zero attached hydrogens (tertiary/aromatic N) is 1. The third-order valence-electron chi connectivity index (χ3n) is 2.56. The molecule has 1 heterocycles. The monoisotopic (exact) mass is 335 g/mol. The van der Waals surface area contributed by atoms with Crippen LogP contribution in [0.3, 0.4) is 0 Å². The quantitative estimate of drug-likeness (QED) is 0.601. The van der Waals surface area contributed by atoms with E-state index in [1.165, 1.54) is 3.57 Å². The summed E-state index contributed by atoms with van der Waals surface area (Å²) >= 11 is 8.02. The van der Waals surface area contributed by atoms with E-state index in [1.54, 1.807) is 0 Å². The Hall–Kier alpha value is -0.290. The number of halogens is 2. The van der Waals surface area contributed by atoms with Gasteiger partial charge in [0.15, 0.2) is 0 Å².